The molecule has 0 bridgehead atoms. The maximum Gasteiger partial charge on any atom is 0.145 e. The third-order valence-electron chi connectivity index (χ3n) is 4.59. The minimum Gasteiger partial charge on any atom is -0.382 e. The molecule has 0 amide bonds. The van der Waals surface area contributed by atoms with Gasteiger partial charge in [-0.1, -0.05) is 19.3 Å². The summed E-state index contributed by atoms with van der Waals surface area (Å²) in [5.74, 6) is 0.643. The van der Waals surface area contributed by atoms with Gasteiger partial charge in [-0.3, -0.25) is 4.68 Å². The van der Waals surface area contributed by atoms with Gasteiger partial charge >= 0.3 is 0 Å². The van der Waals surface area contributed by atoms with Crippen LogP contribution in [0.5, 0.6) is 0 Å². The van der Waals surface area contributed by atoms with Crippen molar-refractivity contribution in [3.05, 3.63) is 12.3 Å². The summed E-state index contributed by atoms with van der Waals surface area (Å²) in [5, 5.41) is 4.35. The number of rotatable bonds is 2. The summed E-state index contributed by atoms with van der Waals surface area (Å²) in [7, 11) is 0. The minimum atomic E-state index is 0.558. The van der Waals surface area contributed by atoms with Crippen LogP contribution >= 0.6 is 0 Å². The van der Waals surface area contributed by atoms with E-state index in [0.29, 0.717) is 11.9 Å². The Morgan fingerprint density at radius 3 is 2.33 bits per heavy atom. The van der Waals surface area contributed by atoms with Crippen LogP contribution in [-0.2, 0) is 0 Å². The lowest BCUT2D eigenvalue weighted by Gasteiger charge is -2.39. The second-order valence-corrected chi connectivity index (χ2v) is 5.78. The maximum atomic E-state index is 5.69. The topological polar surface area (TPSA) is 47.1 Å². The molecule has 100 valence electrons. The lowest BCUT2D eigenvalue weighted by molar-refractivity contribution is 0.106. The van der Waals surface area contributed by atoms with Gasteiger partial charge in [-0.25, -0.2) is 0 Å². The van der Waals surface area contributed by atoms with Crippen LogP contribution in [0.25, 0.3) is 0 Å². The predicted octanol–water partition coefficient (Wildman–Crippen LogP) is 2.43. The normalized spacial score (nSPS) is 24.4. The number of anilines is 1. The molecule has 3 rings (SSSR count). The van der Waals surface area contributed by atoms with E-state index in [4.69, 9.17) is 5.73 Å². The van der Waals surface area contributed by atoms with E-state index in [-0.39, 0.29) is 0 Å². The summed E-state index contributed by atoms with van der Waals surface area (Å²) in [4.78, 5) is 2.71. The molecule has 1 aliphatic heterocycles. The third-order valence-corrected chi connectivity index (χ3v) is 4.59. The largest absolute Gasteiger partial charge is 0.382 e. The fourth-order valence-electron chi connectivity index (χ4n) is 3.52. The third kappa shape index (κ3) is 2.53. The average molecular weight is 248 g/mol. The second-order valence-electron chi connectivity index (χ2n) is 5.78. The molecule has 4 heteroatoms. The molecule has 1 saturated heterocycles. The van der Waals surface area contributed by atoms with Crippen molar-refractivity contribution in [1.29, 1.82) is 0 Å². The van der Waals surface area contributed by atoms with Crippen LogP contribution in [0.1, 0.15) is 51.0 Å². The molecule has 18 heavy (non-hydrogen) atoms. The first-order valence-corrected chi connectivity index (χ1v) is 7.37. The number of piperidine rings is 1. The predicted molar refractivity (Wildman–Crippen MR) is 73.4 cm³/mol. The molecule has 1 aromatic rings. The molecule has 0 unspecified atom stereocenters. The van der Waals surface area contributed by atoms with Crippen molar-refractivity contribution in [3.63, 3.8) is 0 Å². The Morgan fingerprint density at radius 1 is 1.00 bits per heavy atom. The summed E-state index contributed by atoms with van der Waals surface area (Å²) >= 11 is 0. The number of nitrogens with zero attached hydrogens (tertiary/aromatic N) is 3. The van der Waals surface area contributed by atoms with Crippen LogP contribution in [0.3, 0.4) is 0 Å². The second kappa shape index (κ2) is 5.31. The van der Waals surface area contributed by atoms with Gasteiger partial charge in [0.25, 0.3) is 0 Å². The summed E-state index contributed by atoms with van der Waals surface area (Å²) in [6.07, 6.45) is 11.6. The van der Waals surface area contributed by atoms with Crippen molar-refractivity contribution in [3.8, 4) is 0 Å². The van der Waals surface area contributed by atoms with E-state index in [9.17, 15) is 0 Å². The lowest BCUT2D eigenvalue weighted by Crippen LogP contribution is -2.42. The SMILES string of the molecule is Nc1ccn(C2CCN(C3CCCCC3)CC2)n1. The Kier molecular flexibility index (Phi) is 3.55. The van der Waals surface area contributed by atoms with Crippen LogP contribution in [0, 0.1) is 0 Å². The van der Waals surface area contributed by atoms with E-state index < -0.39 is 0 Å². The minimum absolute atomic E-state index is 0.558. The number of nitrogens with two attached hydrogens (primary N) is 1. The quantitative estimate of drug-likeness (QED) is 0.874. The van der Waals surface area contributed by atoms with Crippen molar-refractivity contribution in [2.45, 2.75) is 57.0 Å². The van der Waals surface area contributed by atoms with Gasteiger partial charge in [0.2, 0.25) is 0 Å². The number of aromatic nitrogens is 2. The van der Waals surface area contributed by atoms with Gasteiger partial charge < -0.3 is 10.6 Å². The number of likely N-dealkylation sites (tertiary alicyclic amines) is 1. The van der Waals surface area contributed by atoms with Gasteiger partial charge in [-0.05, 0) is 31.7 Å². The highest BCUT2D eigenvalue weighted by atomic mass is 15.3. The standard InChI is InChI=1S/C14H24N4/c15-14-8-11-18(16-14)13-6-9-17(10-7-13)12-4-2-1-3-5-12/h8,11-13H,1-7,9-10H2,(H2,15,16). The van der Waals surface area contributed by atoms with Crippen LogP contribution in [-0.4, -0.2) is 33.8 Å². The van der Waals surface area contributed by atoms with Crippen LogP contribution in [0.2, 0.25) is 0 Å². The molecule has 2 fully saturated rings. The Hall–Kier alpha value is -1.03. The van der Waals surface area contributed by atoms with Gasteiger partial charge in [0.1, 0.15) is 5.82 Å². The molecular formula is C14H24N4. The molecule has 2 heterocycles. The van der Waals surface area contributed by atoms with Crippen LogP contribution in [0.15, 0.2) is 12.3 Å². The molecule has 0 atom stereocenters. The zero-order valence-corrected chi connectivity index (χ0v) is 11.1. The van der Waals surface area contributed by atoms with E-state index in [0.717, 1.165) is 6.04 Å². The monoisotopic (exact) mass is 248 g/mol. The summed E-state index contributed by atoms with van der Waals surface area (Å²) in [5.41, 5.74) is 5.69. The van der Waals surface area contributed by atoms with Crippen molar-refractivity contribution < 1.29 is 0 Å². The molecule has 1 aromatic heterocycles. The van der Waals surface area contributed by atoms with Crippen molar-refractivity contribution >= 4 is 5.82 Å². The summed E-state index contributed by atoms with van der Waals surface area (Å²) < 4.78 is 2.06. The maximum absolute atomic E-state index is 5.69. The van der Waals surface area contributed by atoms with Gasteiger partial charge in [0, 0.05) is 25.3 Å². The average Bonchev–Trinajstić information content (AvgIpc) is 2.87. The highest BCUT2D eigenvalue weighted by Gasteiger charge is 2.26. The van der Waals surface area contributed by atoms with Crippen molar-refractivity contribution in [2.75, 3.05) is 18.8 Å². The summed E-state index contributed by atoms with van der Waals surface area (Å²) in [6.45, 7) is 2.46. The Labute approximate surface area is 109 Å². The van der Waals surface area contributed by atoms with Crippen molar-refractivity contribution in [1.82, 2.24) is 14.7 Å². The summed E-state index contributed by atoms with van der Waals surface area (Å²) in [6, 6.07) is 3.32. The molecule has 4 nitrogen and oxygen atoms in total. The van der Waals surface area contributed by atoms with Gasteiger partial charge in [-0.2, -0.15) is 5.10 Å². The van der Waals surface area contributed by atoms with Crippen LogP contribution in [0.4, 0.5) is 5.82 Å². The molecule has 0 spiro atoms. The molecule has 2 aliphatic rings. The molecule has 2 N–H and O–H groups in total. The van der Waals surface area contributed by atoms with E-state index in [2.05, 4.69) is 14.7 Å². The van der Waals surface area contributed by atoms with Crippen LogP contribution < -0.4 is 5.73 Å². The zero-order chi connectivity index (χ0) is 12.4. The zero-order valence-electron chi connectivity index (χ0n) is 11.1. The first-order valence-electron chi connectivity index (χ1n) is 7.37. The Balaban J connectivity index is 1.54. The van der Waals surface area contributed by atoms with Gasteiger partial charge in [-0.15, -0.1) is 0 Å². The number of hydrogen-bond acceptors (Lipinski definition) is 3. The Morgan fingerprint density at radius 2 is 1.72 bits per heavy atom. The molecule has 1 aliphatic carbocycles. The van der Waals surface area contributed by atoms with Gasteiger partial charge in [0.15, 0.2) is 0 Å². The highest BCUT2D eigenvalue weighted by molar-refractivity contribution is 5.24. The first kappa shape index (κ1) is 12.0. The fraction of sp³-hybridized carbons (Fsp3) is 0.786. The van der Waals surface area contributed by atoms with Crippen molar-refractivity contribution in [2.24, 2.45) is 0 Å². The molecular weight excluding hydrogens is 224 g/mol. The van der Waals surface area contributed by atoms with E-state index in [1.54, 1.807) is 0 Å². The fourth-order valence-corrected chi connectivity index (χ4v) is 3.52. The molecule has 1 saturated carbocycles. The number of hydrogen-bond donors (Lipinski definition) is 1. The lowest BCUT2D eigenvalue weighted by atomic mass is 9.92. The van der Waals surface area contributed by atoms with E-state index in [1.807, 2.05) is 12.3 Å². The van der Waals surface area contributed by atoms with Gasteiger partial charge in [0.05, 0.1) is 6.04 Å². The molecule has 0 aromatic carbocycles. The highest BCUT2D eigenvalue weighted by Crippen LogP contribution is 2.28. The Bertz CT molecular complexity index is 373. The van der Waals surface area contributed by atoms with E-state index in [1.165, 1.54) is 58.0 Å². The smallest absolute Gasteiger partial charge is 0.145 e. The first-order chi connectivity index (χ1) is 8.83. The molecule has 0 radical (unpaired) electrons. The number of nitrogen functional groups attached to an aromatic ring is 1. The van der Waals surface area contributed by atoms with E-state index >= 15 is 0 Å².